The summed E-state index contributed by atoms with van der Waals surface area (Å²) in [5.41, 5.74) is 5.04. The van der Waals surface area contributed by atoms with Crippen LogP contribution in [0.1, 0.15) is 31.1 Å². The summed E-state index contributed by atoms with van der Waals surface area (Å²) in [4.78, 5) is 31.8. The first-order chi connectivity index (χ1) is 14.5. The van der Waals surface area contributed by atoms with E-state index < -0.39 is 17.7 Å². The number of hydrogen-bond donors (Lipinski definition) is 3. The van der Waals surface area contributed by atoms with Gasteiger partial charge in [0.25, 0.3) is 0 Å². The van der Waals surface area contributed by atoms with Crippen LogP contribution >= 0.6 is 0 Å². The Kier molecular flexibility index (Phi) is 25.0. The van der Waals surface area contributed by atoms with Crippen LogP contribution in [0, 0.1) is 15.6 Å². The minimum atomic E-state index is -0.597. The van der Waals surface area contributed by atoms with Gasteiger partial charge in [-0.15, -0.1) is 0 Å². The van der Waals surface area contributed by atoms with E-state index in [1.54, 1.807) is 91.0 Å². The van der Waals surface area contributed by atoms with Crippen molar-refractivity contribution >= 4 is 17.7 Å². The summed E-state index contributed by atoms with van der Waals surface area (Å²) in [6.07, 6.45) is 0. The summed E-state index contributed by atoms with van der Waals surface area (Å²) in [5, 5.41) is 29.5. The topological polar surface area (TPSA) is 251 Å². The van der Waals surface area contributed by atoms with Crippen molar-refractivity contribution in [2.45, 2.75) is 0 Å². The molecule has 3 aromatic rings. The van der Waals surface area contributed by atoms with E-state index in [0.29, 0.717) is 16.7 Å². The van der Waals surface area contributed by atoms with E-state index in [4.69, 9.17) is 0 Å². The summed E-state index contributed by atoms with van der Waals surface area (Å²) in [7, 11) is 0. The van der Waals surface area contributed by atoms with Gasteiger partial charge in [0.2, 0.25) is 17.7 Å². The Balaban J connectivity index is -0.000000187. The van der Waals surface area contributed by atoms with Crippen LogP contribution in [0.25, 0.3) is 0 Å². The van der Waals surface area contributed by atoms with E-state index in [1.165, 1.54) is 16.4 Å². The Morgan fingerprint density at radius 3 is 0.765 bits per heavy atom. The van der Waals surface area contributed by atoms with Crippen LogP contribution in [0.2, 0.25) is 0 Å². The molecule has 0 spiro atoms. The molecule has 0 fully saturated rings. The van der Waals surface area contributed by atoms with Gasteiger partial charge in [0.05, 0.1) is 0 Å². The number of hydrogen-bond acceptors (Lipinski definition) is 6. The molecular formula is C21H24FeN3O9. The average molecular weight is 518 g/mol. The number of hydroxylamine groups is 3. The van der Waals surface area contributed by atoms with E-state index in [-0.39, 0.29) is 33.5 Å². The smallest absolute Gasteiger partial charge is 0.759 e. The SMILES string of the molecule is O.O.O.O=C(N[O-])c1ccccc1.O=C(N[O-])c1ccccc1.O=C(N[O-])c1ccccc1.[Fe+3]. The average Bonchev–Trinajstić information content (AvgIpc) is 2.85. The molecule has 13 heteroatoms. The maximum Gasteiger partial charge on any atom is 3.00 e. The summed E-state index contributed by atoms with van der Waals surface area (Å²) < 4.78 is 0. The first kappa shape index (κ1) is 37.7. The van der Waals surface area contributed by atoms with E-state index >= 15 is 0 Å². The minimum Gasteiger partial charge on any atom is -0.759 e. The standard InChI is InChI=1S/3C7H6NO2.Fe.3H2O/c3*9-7(8-10)6-4-2-1-3-5-6;;;;/h3*1-5H,(H-,8,9,10);;3*1H2/q3*-1;+3;;;. The molecule has 3 aromatic carbocycles. The van der Waals surface area contributed by atoms with Crippen molar-refractivity contribution in [1.82, 2.24) is 16.4 Å². The zero-order chi connectivity index (χ0) is 22.2. The number of benzene rings is 3. The summed E-state index contributed by atoms with van der Waals surface area (Å²) >= 11 is 0. The number of rotatable bonds is 3. The second-order valence-corrected chi connectivity index (χ2v) is 5.39. The van der Waals surface area contributed by atoms with Gasteiger partial charge in [0.1, 0.15) is 0 Å². The van der Waals surface area contributed by atoms with E-state index in [2.05, 4.69) is 0 Å². The molecule has 0 saturated heterocycles. The molecule has 0 aliphatic rings. The number of nitrogens with one attached hydrogen (secondary N) is 3. The van der Waals surface area contributed by atoms with Crippen molar-refractivity contribution in [2.24, 2.45) is 0 Å². The van der Waals surface area contributed by atoms with Gasteiger partial charge < -0.3 is 48.5 Å². The third kappa shape index (κ3) is 14.4. The van der Waals surface area contributed by atoms with Crippen molar-refractivity contribution in [3.63, 3.8) is 0 Å². The minimum absolute atomic E-state index is 0. The quantitative estimate of drug-likeness (QED) is 0.324. The third-order valence-electron chi connectivity index (χ3n) is 3.39. The molecule has 1 radical (unpaired) electrons. The second-order valence-electron chi connectivity index (χ2n) is 5.39. The summed E-state index contributed by atoms with van der Waals surface area (Å²) in [6.45, 7) is 0. The van der Waals surface area contributed by atoms with Crippen LogP contribution in [0.4, 0.5) is 0 Å². The Labute approximate surface area is 205 Å². The fraction of sp³-hybridized carbons (Fsp3) is 0. The van der Waals surface area contributed by atoms with Gasteiger partial charge in [-0.2, -0.15) is 0 Å². The molecule has 34 heavy (non-hydrogen) atoms. The van der Waals surface area contributed by atoms with Crippen LogP contribution in [-0.4, -0.2) is 34.2 Å². The van der Waals surface area contributed by atoms with E-state index in [0.717, 1.165) is 0 Å². The predicted molar refractivity (Wildman–Crippen MR) is 123 cm³/mol. The van der Waals surface area contributed by atoms with Crippen LogP contribution in [0.5, 0.6) is 0 Å². The fourth-order valence-corrected chi connectivity index (χ4v) is 1.95. The molecule has 3 amide bonds. The van der Waals surface area contributed by atoms with Crippen LogP contribution in [0.15, 0.2) is 91.0 Å². The van der Waals surface area contributed by atoms with Crippen molar-refractivity contribution in [2.75, 3.05) is 0 Å². The van der Waals surface area contributed by atoms with Crippen LogP contribution in [-0.2, 0) is 17.1 Å². The van der Waals surface area contributed by atoms with Crippen molar-refractivity contribution in [3.05, 3.63) is 123 Å². The monoisotopic (exact) mass is 518 g/mol. The van der Waals surface area contributed by atoms with Gasteiger partial charge in [-0.25, -0.2) is 0 Å². The Morgan fingerprint density at radius 2 is 0.618 bits per heavy atom. The first-order valence-corrected chi connectivity index (χ1v) is 8.46. The molecule has 0 heterocycles. The third-order valence-corrected chi connectivity index (χ3v) is 3.39. The van der Waals surface area contributed by atoms with Crippen LogP contribution in [0.3, 0.4) is 0 Å². The molecule has 0 aromatic heterocycles. The molecule has 185 valence electrons. The fourth-order valence-electron chi connectivity index (χ4n) is 1.95. The maximum atomic E-state index is 10.6. The summed E-state index contributed by atoms with van der Waals surface area (Å²) in [5.74, 6) is -1.79. The predicted octanol–water partition coefficient (Wildman–Crippen LogP) is 0.266. The van der Waals surface area contributed by atoms with Gasteiger partial charge in [0, 0.05) is 16.7 Å². The van der Waals surface area contributed by atoms with E-state index in [9.17, 15) is 30.0 Å². The zero-order valence-electron chi connectivity index (χ0n) is 17.5. The summed E-state index contributed by atoms with van der Waals surface area (Å²) in [6, 6.07) is 25.0. The Hall–Kier alpha value is -3.65. The van der Waals surface area contributed by atoms with Gasteiger partial charge in [0.15, 0.2) is 0 Å². The molecule has 0 bridgehead atoms. The number of carbonyl (C=O) groups is 3. The van der Waals surface area contributed by atoms with Crippen molar-refractivity contribution < 1.29 is 47.9 Å². The van der Waals surface area contributed by atoms with Gasteiger partial charge >= 0.3 is 17.1 Å². The molecule has 0 atom stereocenters. The molecular weight excluding hydrogens is 494 g/mol. The molecule has 0 aliphatic heterocycles. The van der Waals surface area contributed by atoms with Crippen LogP contribution < -0.4 is 16.4 Å². The Bertz CT molecular complexity index is 796. The molecule has 0 aliphatic carbocycles. The normalized spacial score (nSPS) is 7.85. The van der Waals surface area contributed by atoms with Gasteiger partial charge in [-0.05, 0) is 36.4 Å². The number of carbonyl (C=O) groups excluding carboxylic acids is 3. The van der Waals surface area contributed by atoms with Gasteiger partial charge in [-0.3, -0.25) is 14.4 Å². The van der Waals surface area contributed by atoms with Gasteiger partial charge in [-0.1, -0.05) is 54.6 Å². The first-order valence-electron chi connectivity index (χ1n) is 8.46. The van der Waals surface area contributed by atoms with E-state index in [1.807, 2.05) is 0 Å². The molecule has 9 N–H and O–H groups in total. The Morgan fingerprint density at radius 1 is 0.441 bits per heavy atom. The molecule has 0 saturated carbocycles. The molecule has 12 nitrogen and oxygen atoms in total. The number of amides is 3. The maximum absolute atomic E-state index is 10.6. The second kappa shape index (κ2) is 22.5. The molecule has 3 rings (SSSR count). The van der Waals surface area contributed by atoms with Crippen molar-refractivity contribution in [3.8, 4) is 0 Å². The largest absolute Gasteiger partial charge is 3.00 e. The molecule has 0 unspecified atom stereocenters. The van der Waals surface area contributed by atoms with Crippen molar-refractivity contribution in [1.29, 1.82) is 0 Å². The zero-order valence-corrected chi connectivity index (χ0v) is 18.6.